The van der Waals surface area contributed by atoms with Gasteiger partial charge in [-0.05, 0) is 47.9 Å². The van der Waals surface area contributed by atoms with Crippen molar-refractivity contribution >= 4 is 5.97 Å². The number of hydrogen-bond donors (Lipinski definition) is 1. The Balaban J connectivity index is 1.38. The molecule has 0 radical (unpaired) electrons. The molecule has 0 aliphatic carbocycles. The fourth-order valence-corrected chi connectivity index (χ4v) is 3.59. The molecule has 3 aromatic rings. The Hall–Kier alpha value is -3.91. The SMILES string of the molecule is CC#C[C@@H](CC(=O)O)c1ccc(OC[C@H]2COc3ccc(-c4ccccc4)cc3O2)cc1. The number of aliphatic carboxylic acids is 1. The van der Waals surface area contributed by atoms with Crippen molar-refractivity contribution in [3.8, 4) is 40.2 Å². The van der Waals surface area contributed by atoms with Gasteiger partial charge in [0, 0.05) is 0 Å². The third-order valence-electron chi connectivity index (χ3n) is 5.18. The first kappa shape index (κ1) is 21.3. The summed E-state index contributed by atoms with van der Waals surface area (Å²) < 4.78 is 17.9. The van der Waals surface area contributed by atoms with Gasteiger partial charge in [-0.1, -0.05) is 54.5 Å². The lowest BCUT2D eigenvalue weighted by atomic mass is 9.96. The molecule has 32 heavy (non-hydrogen) atoms. The maximum Gasteiger partial charge on any atom is 0.304 e. The molecule has 0 bridgehead atoms. The molecule has 0 saturated heterocycles. The summed E-state index contributed by atoms with van der Waals surface area (Å²) in [6.45, 7) is 2.45. The van der Waals surface area contributed by atoms with Crippen LogP contribution in [0, 0.1) is 11.8 Å². The molecular weight excluding hydrogens is 404 g/mol. The summed E-state index contributed by atoms with van der Waals surface area (Å²) in [7, 11) is 0. The van der Waals surface area contributed by atoms with E-state index >= 15 is 0 Å². The van der Waals surface area contributed by atoms with E-state index in [0.29, 0.717) is 24.7 Å². The third kappa shape index (κ3) is 5.22. The van der Waals surface area contributed by atoms with Crippen LogP contribution in [0.4, 0.5) is 0 Å². The summed E-state index contributed by atoms with van der Waals surface area (Å²) in [6.07, 6.45) is -0.266. The highest BCUT2D eigenvalue weighted by Crippen LogP contribution is 2.36. The number of carboxylic acid groups (broad SMARTS) is 1. The number of hydrogen-bond acceptors (Lipinski definition) is 4. The minimum Gasteiger partial charge on any atom is -0.490 e. The highest BCUT2D eigenvalue weighted by molar-refractivity contribution is 5.69. The van der Waals surface area contributed by atoms with Crippen molar-refractivity contribution in [2.45, 2.75) is 25.4 Å². The summed E-state index contributed by atoms with van der Waals surface area (Å²) >= 11 is 0. The summed E-state index contributed by atoms with van der Waals surface area (Å²) in [5.41, 5.74) is 3.04. The zero-order valence-corrected chi connectivity index (χ0v) is 17.8. The lowest BCUT2D eigenvalue weighted by Crippen LogP contribution is -2.34. The summed E-state index contributed by atoms with van der Waals surface area (Å²) in [5, 5.41) is 9.09. The molecule has 1 heterocycles. The molecule has 0 spiro atoms. The van der Waals surface area contributed by atoms with Gasteiger partial charge in [0.05, 0.1) is 12.3 Å². The number of benzene rings is 3. The lowest BCUT2D eigenvalue weighted by molar-refractivity contribution is -0.137. The van der Waals surface area contributed by atoms with Crippen molar-refractivity contribution in [1.29, 1.82) is 0 Å². The van der Waals surface area contributed by atoms with E-state index in [0.717, 1.165) is 22.4 Å². The lowest BCUT2D eigenvalue weighted by Gasteiger charge is -2.27. The van der Waals surface area contributed by atoms with Crippen molar-refractivity contribution in [3.63, 3.8) is 0 Å². The van der Waals surface area contributed by atoms with E-state index < -0.39 is 5.97 Å². The van der Waals surface area contributed by atoms with Crippen molar-refractivity contribution in [2.75, 3.05) is 13.2 Å². The van der Waals surface area contributed by atoms with Gasteiger partial charge in [-0.15, -0.1) is 5.92 Å². The van der Waals surface area contributed by atoms with Crippen LogP contribution in [0.2, 0.25) is 0 Å². The monoisotopic (exact) mass is 428 g/mol. The average Bonchev–Trinajstić information content (AvgIpc) is 2.82. The van der Waals surface area contributed by atoms with Gasteiger partial charge in [0.25, 0.3) is 0 Å². The second-order valence-corrected chi connectivity index (χ2v) is 7.50. The van der Waals surface area contributed by atoms with Crippen molar-refractivity contribution in [1.82, 2.24) is 0 Å². The molecule has 1 N–H and O–H groups in total. The number of fused-ring (bicyclic) bond motifs is 1. The van der Waals surface area contributed by atoms with Crippen LogP contribution in [-0.4, -0.2) is 30.4 Å². The number of carboxylic acids is 1. The van der Waals surface area contributed by atoms with E-state index in [1.54, 1.807) is 6.92 Å². The number of rotatable bonds is 7. The van der Waals surface area contributed by atoms with Gasteiger partial charge in [0.2, 0.25) is 0 Å². The quantitative estimate of drug-likeness (QED) is 0.527. The summed E-state index contributed by atoms with van der Waals surface area (Å²) in [6, 6.07) is 23.4. The van der Waals surface area contributed by atoms with Gasteiger partial charge in [-0.3, -0.25) is 4.79 Å². The van der Waals surface area contributed by atoms with Gasteiger partial charge in [0.1, 0.15) is 19.0 Å². The molecule has 1 aliphatic rings. The molecular formula is C27H24O5. The Bertz CT molecular complexity index is 1130. The molecule has 5 nitrogen and oxygen atoms in total. The zero-order valence-electron chi connectivity index (χ0n) is 17.8. The Kier molecular flexibility index (Phi) is 6.62. The topological polar surface area (TPSA) is 65.0 Å². The standard InChI is InChI=1S/C27H24O5/c1-2-6-21(16-27(28)29)20-9-12-23(13-10-20)30-17-24-18-31-25-14-11-22(15-26(25)32-24)19-7-4-3-5-8-19/h3-5,7-15,21,24H,16-18H2,1H3,(H,28,29)/t21-,24-/m0/s1. The van der Waals surface area contributed by atoms with Crippen molar-refractivity contribution in [3.05, 3.63) is 78.4 Å². The van der Waals surface area contributed by atoms with Crippen LogP contribution in [0.5, 0.6) is 17.2 Å². The third-order valence-corrected chi connectivity index (χ3v) is 5.18. The number of carbonyl (C=O) groups is 1. The minimum absolute atomic E-state index is 0.0291. The summed E-state index contributed by atoms with van der Waals surface area (Å²) in [4.78, 5) is 11.1. The van der Waals surface area contributed by atoms with Crippen LogP contribution >= 0.6 is 0 Å². The van der Waals surface area contributed by atoms with E-state index in [2.05, 4.69) is 24.0 Å². The molecule has 1 aliphatic heterocycles. The minimum atomic E-state index is -0.872. The second kappa shape index (κ2) is 9.93. The van der Waals surface area contributed by atoms with E-state index in [1.165, 1.54) is 0 Å². The van der Waals surface area contributed by atoms with E-state index in [4.69, 9.17) is 19.3 Å². The van der Waals surface area contributed by atoms with Crippen molar-refractivity contribution in [2.24, 2.45) is 0 Å². The van der Waals surface area contributed by atoms with E-state index in [9.17, 15) is 4.79 Å². The van der Waals surface area contributed by atoms with Crippen LogP contribution in [0.1, 0.15) is 24.8 Å². The molecule has 0 saturated carbocycles. The van der Waals surface area contributed by atoms with Crippen LogP contribution in [0.25, 0.3) is 11.1 Å². The molecule has 5 heteroatoms. The Morgan fingerprint density at radius 3 is 2.56 bits per heavy atom. The fourth-order valence-electron chi connectivity index (χ4n) is 3.59. The van der Waals surface area contributed by atoms with Gasteiger partial charge < -0.3 is 19.3 Å². The molecule has 0 amide bonds. The first-order chi connectivity index (χ1) is 15.6. The first-order valence-corrected chi connectivity index (χ1v) is 10.5. The highest BCUT2D eigenvalue weighted by atomic mass is 16.6. The van der Waals surface area contributed by atoms with Gasteiger partial charge in [-0.2, -0.15) is 0 Å². The average molecular weight is 428 g/mol. The van der Waals surface area contributed by atoms with Gasteiger partial charge in [-0.25, -0.2) is 0 Å². The smallest absolute Gasteiger partial charge is 0.304 e. The predicted octanol–water partition coefficient (Wildman–Crippen LogP) is 5.15. The van der Waals surface area contributed by atoms with Crippen LogP contribution < -0.4 is 14.2 Å². The Labute approximate surface area is 187 Å². The van der Waals surface area contributed by atoms with E-state index in [-0.39, 0.29) is 18.4 Å². The molecule has 2 atom stereocenters. The normalized spacial score (nSPS) is 15.2. The molecule has 162 valence electrons. The van der Waals surface area contributed by atoms with E-state index in [1.807, 2.05) is 60.7 Å². The zero-order chi connectivity index (χ0) is 22.3. The fraction of sp³-hybridized carbons (Fsp3) is 0.222. The van der Waals surface area contributed by atoms with Crippen LogP contribution in [0.15, 0.2) is 72.8 Å². The van der Waals surface area contributed by atoms with Crippen LogP contribution in [0.3, 0.4) is 0 Å². The molecule has 0 unspecified atom stereocenters. The number of ether oxygens (including phenoxy) is 3. The Morgan fingerprint density at radius 2 is 1.84 bits per heavy atom. The van der Waals surface area contributed by atoms with Crippen LogP contribution in [-0.2, 0) is 4.79 Å². The predicted molar refractivity (Wildman–Crippen MR) is 122 cm³/mol. The van der Waals surface area contributed by atoms with Crippen molar-refractivity contribution < 1.29 is 24.1 Å². The molecule has 0 aromatic heterocycles. The maximum atomic E-state index is 11.1. The molecule has 0 fully saturated rings. The highest BCUT2D eigenvalue weighted by Gasteiger charge is 2.22. The summed E-state index contributed by atoms with van der Waals surface area (Å²) in [5.74, 6) is 6.66. The van der Waals surface area contributed by atoms with Gasteiger partial charge in [0.15, 0.2) is 17.6 Å². The first-order valence-electron chi connectivity index (χ1n) is 10.5. The molecule has 4 rings (SSSR count). The van der Waals surface area contributed by atoms with Gasteiger partial charge >= 0.3 is 5.97 Å². The second-order valence-electron chi connectivity index (χ2n) is 7.50. The largest absolute Gasteiger partial charge is 0.490 e. The molecule has 3 aromatic carbocycles. The maximum absolute atomic E-state index is 11.1. The Morgan fingerprint density at radius 1 is 1.06 bits per heavy atom.